The zero-order chi connectivity index (χ0) is 9.26. The normalized spacial score (nSPS) is 16.7. The lowest BCUT2D eigenvalue weighted by atomic mass is 10.3. The van der Waals surface area contributed by atoms with Gasteiger partial charge >= 0.3 is 0 Å². The van der Waals surface area contributed by atoms with Crippen molar-refractivity contribution in [2.45, 2.75) is 11.3 Å². The molecular formula is C10H11NOS. The van der Waals surface area contributed by atoms with Crippen LogP contribution >= 0.6 is 11.8 Å². The number of para-hydroxylation sites is 1. The van der Waals surface area contributed by atoms with Crippen LogP contribution in [0.3, 0.4) is 0 Å². The van der Waals surface area contributed by atoms with Gasteiger partial charge in [0.25, 0.3) is 0 Å². The van der Waals surface area contributed by atoms with Gasteiger partial charge in [0, 0.05) is 24.1 Å². The summed E-state index contributed by atoms with van der Waals surface area (Å²) in [5, 5.41) is 0. The monoisotopic (exact) mass is 193 g/mol. The van der Waals surface area contributed by atoms with Crippen LogP contribution in [0.15, 0.2) is 29.2 Å². The van der Waals surface area contributed by atoms with E-state index in [0.29, 0.717) is 6.42 Å². The molecule has 0 radical (unpaired) electrons. The first kappa shape index (κ1) is 8.63. The third-order valence-corrected chi connectivity index (χ3v) is 3.24. The van der Waals surface area contributed by atoms with Gasteiger partial charge in [-0.05, 0) is 12.1 Å². The van der Waals surface area contributed by atoms with Gasteiger partial charge in [-0.2, -0.15) is 0 Å². The van der Waals surface area contributed by atoms with Gasteiger partial charge in [-0.15, -0.1) is 11.8 Å². The van der Waals surface area contributed by atoms with Crippen LogP contribution in [0.1, 0.15) is 6.42 Å². The summed E-state index contributed by atoms with van der Waals surface area (Å²) in [6.07, 6.45) is 0.635. The highest BCUT2D eigenvalue weighted by atomic mass is 32.2. The van der Waals surface area contributed by atoms with Gasteiger partial charge in [0.2, 0.25) is 5.91 Å². The lowest BCUT2D eigenvalue weighted by Gasteiger charge is -2.16. The van der Waals surface area contributed by atoms with Gasteiger partial charge in [0.15, 0.2) is 0 Å². The SMILES string of the molecule is CN1C(=O)CCSc2ccccc21. The number of hydrogen-bond donors (Lipinski definition) is 0. The van der Waals surface area contributed by atoms with Gasteiger partial charge < -0.3 is 4.90 Å². The fraction of sp³-hybridized carbons (Fsp3) is 0.300. The topological polar surface area (TPSA) is 20.3 Å². The quantitative estimate of drug-likeness (QED) is 0.629. The van der Waals surface area contributed by atoms with Crippen molar-refractivity contribution in [3.05, 3.63) is 24.3 Å². The van der Waals surface area contributed by atoms with E-state index in [0.717, 1.165) is 11.4 Å². The number of hydrogen-bond acceptors (Lipinski definition) is 2. The first-order valence-corrected chi connectivity index (χ1v) is 5.26. The van der Waals surface area contributed by atoms with Gasteiger partial charge in [-0.1, -0.05) is 12.1 Å². The molecule has 0 atom stereocenters. The molecule has 1 aromatic rings. The van der Waals surface area contributed by atoms with Crippen molar-refractivity contribution in [2.24, 2.45) is 0 Å². The Morgan fingerprint density at radius 1 is 1.38 bits per heavy atom. The minimum Gasteiger partial charge on any atom is -0.314 e. The van der Waals surface area contributed by atoms with Crippen molar-refractivity contribution in [1.82, 2.24) is 0 Å². The molecule has 2 nitrogen and oxygen atoms in total. The third kappa shape index (κ3) is 1.56. The number of carbonyl (C=O) groups excluding carboxylic acids is 1. The van der Waals surface area contributed by atoms with Crippen molar-refractivity contribution >= 4 is 23.4 Å². The van der Waals surface area contributed by atoms with E-state index >= 15 is 0 Å². The Labute approximate surface area is 81.9 Å². The summed E-state index contributed by atoms with van der Waals surface area (Å²) in [6, 6.07) is 8.03. The minimum absolute atomic E-state index is 0.206. The predicted octanol–water partition coefficient (Wildman–Crippen LogP) is 2.15. The predicted molar refractivity (Wildman–Crippen MR) is 55.2 cm³/mol. The Hall–Kier alpha value is -0.960. The molecule has 13 heavy (non-hydrogen) atoms. The maximum absolute atomic E-state index is 11.5. The largest absolute Gasteiger partial charge is 0.314 e. The Bertz CT molecular complexity index is 337. The zero-order valence-electron chi connectivity index (χ0n) is 7.49. The molecule has 3 heteroatoms. The van der Waals surface area contributed by atoms with Gasteiger partial charge in [-0.3, -0.25) is 4.79 Å². The number of fused-ring (bicyclic) bond motifs is 1. The summed E-state index contributed by atoms with van der Waals surface area (Å²) in [5.41, 5.74) is 1.04. The van der Waals surface area contributed by atoms with E-state index in [1.54, 1.807) is 16.7 Å². The average molecular weight is 193 g/mol. The molecule has 0 N–H and O–H groups in total. The highest BCUT2D eigenvalue weighted by Crippen LogP contribution is 2.32. The maximum atomic E-state index is 11.5. The highest BCUT2D eigenvalue weighted by Gasteiger charge is 2.17. The molecule has 1 heterocycles. The number of nitrogens with zero attached hydrogens (tertiary/aromatic N) is 1. The van der Waals surface area contributed by atoms with E-state index in [4.69, 9.17) is 0 Å². The van der Waals surface area contributed by atoms with Crippen molar-refractivity contribution in [3.8, 4) is 0 Å². The number of thioether (sulfide) groups is 1. The second kappa shape index (κ2) is 3.42. The molecular weight excluding hydrogens is 182 g/mol. The van der Waals surface area contributed by atoms with Gasteiger partial charge in [-0.25, -0.2) is 0 Å². The van der Waals surface area contributed by atoms with Crippen molar-refractivity contribution < 1.29 is 4.79 Å². The van der Waals surface area contributed by atoms with Crippen LogP contribution in [0.4, 0.5) is 5.69 Å². The van der Waals surface area contributed by atoms with Crippen LogP contribution in [0.2, 0.25) is 0 Å². The van der Waals surface area contributed by atoms with Crippen LogP contribution in [-0.4, -0.2) is 18.7 Å². The van der Waals surface area contributed by atoms with Crippen molar-refractivity contribution in [2.75, 3.05) is 17.7 Å². The molecule has 68 valence electrons. The van der Waals surface area contributed by atoms with E-state index in [-0.39, 0.29) is 5.91 Å². The molecule has 0 unspecified atom stereocenters. The van der Waals surface area contributed by atoms with Crippen LogP contribution in [-0.2, 0) is 4.79 Å². The summed E-state index contributed by atoms with van der Waals surface area (Å²) in [6.45, 7) is 0. The molecule has 0 bridgehead atoms. The van der Waals surface area contributed by atoms with Crippen LogP contribution < -0.4 is 4.90 Å². The van der Waals surface area contributed by atoms with Crippen LogP contribution in [0.5, 0.6) is 0 Å². The Kier molecular flexibility index (Phi) is 2.27. The molecule has 1 aromatic carbocycles. The van der Waals surface area contributed by atoms with E-state index in [2.05, 4.69) is 6.07 Å². The first-order valence-electron chi connectivity index (χ1n) is 4.27. The summed E-state index contributed by atoms with van der Waals surface area (Å²) < 4.78 is 0. The summed E-state index contributed by atoms with van der Waals surface area (Å²) in [4.78, 5) is 14.4. The number of rotatable bonds is 0. The fourth-order valence-corrected chi connectivity index (χ4v) is 2.43. The zero-order valence-corrected chi connectivity index (χ0v) is 8.30. The summed E-state index contributed by atoms with van der Waals surface area (Å²) >= 11 is 1.75. The molecule has 2 rings (SSSR count). The summed E-state index contributed by atoms with van der Waals surface area (Å²) in [5.74, 6) is 1.10. The molecule has 1 amide bonds. The molecule has 0 saturated heterocycles. The maximum Gasteiger partial charge on any atom is 0.227 e. The molecule has 0 aromatic heterocycles. The standard InChI is InChI=1S/C10H11NOS/c1-11-8-4-2-3-5-9(8)13-7-6-10(11)12/h2-5H,6-7H2,1H3. The molecule has 0 aliphatic carbocycles. The van der Waals surface area contributed by atoms with E-state index < -0.39 is 0 Å². The van der Waals surface area contributed by atoms with E-state index in [1.807, 2.05) is 25.2 Å². The van der Waals surface area contributed by atoms with Crippen molar-refractivity contribution in [1.29, 1.82) is 0 Å². The number of carbonyl (C=O) groups is 1. The molecule has 0 fully saturated rings. The smallest absolute Gasteiger partial charge is 0.227 e. The molecule has 1 aliphatic rings. The first-order chi connectivity index (χ1) is 6.29. The Balaban J connectivity index is 2.46. The van der Waals surface area contributed by atoms with E-state index in [1.165, 1.54) is 4.90 Å². The highest BCUT2D eigenvalue weighted by molar-refractivity contribution is 7.99. The second-order valence-electron chi connectivity index (χ2n) is 3.02. The second-order valence-corrected chi connectivity index (χ2v) is 4.16. The number of anilines is 1. The molecule has 0 spiro atoms. The average Bonchev–Trinajstić information content (AvgIpc) is 2.29. The summed E-state index contributed by atoms with van der Waals surface area (Å²) in [7, 11) is 1.84. The van der Waals surface area contributed by atoms with Gasteiger partial charge in [0.05, 0.1) is 5.69 Å². The van der Waals surface area contributed by atoms with Gasteiger partial charge in [0.1, 0.15) is 0 Å². The number of amides is 1. The number of benzene rings is 1. The Morgan fingerprint density at radius 2 is 2.15 bits per heavy atom. The van der Waals surface area contributed by atoms with Crippen LogP contribution in [0, 0.1) is 0 Å². The van der Waals surface area contributed by atoms with E-state index in [9.17, 15) is 4.79 Å². The lowest BCUT2D eigenvalue weighted by Crippen LogP contribution is -2.25. The fourth-order valence-electron chi connectivity index (χ4n) is 1.41. The van der Waals surface area contributed by atoms with Crippen LogP contribution in [0.25, 0.3) is 0 Å². The molecule has 0 saturated carbocycles. The minimum atomic E-state index is 0.206. The Morgan fingerprint density at radius 3 is 3.00 bits per heavy atom. The third-order valence-electron chi connectivity index (χ3n) is 2.17. The molecule has 1 aliphatic heterocycles. The van der Waals surface area contributed by atoms with Crippen molar-refractivity contribution in [3.63, 3.8) is 0 Å². The lowest BCUT2D eigenvalue weighted by molar-refractivity contribution is -0.117.